The maximum absolute atomic E-state index is 12.4. The minimum Gasteiger partial charge on any atom is -0.361 e. The van der Waals surface area contributed by atoms with E-state index in [0.717, 1.165) is 36.7 Å². The molecule has 0 bridgehead atoms. The molecule has 23 heavy (non-hydrogen) atoms. The van der Waals surface area contributed by atoms with Crippen LogP contribution in [0.15, 0.2) is 4.52 Å². The van der Waals surface area contributed by atoms with Crippen molar-refractivity contribution in [3.05, 3.63) is 17.0 Å². The fraction of sp³-hybridized carbons (Fsp3) is 0.812. The molecule has 1 aliphatic heterocycles. The Kier molecular flexibility index (Phi) is 5.53. The van der Waals surface area contributed by atoms with Crippen LogP contribution in [0.25, 0.3) is 0 Å². The van der Waals surface area contributed by atoms with E-state index in [1.807, 2.05) is 13.8 Å². The van der Waals surface area contributed by atoms with Gasteiger partial charge in [0.05, 0.1) is 11.4 Å². The summed E-state index contributed by atoms with van der Waals surface area (Å²) in [4.78, 5) is 2.27. The Morgan fingerprint density at radius 2 is 1.74 bits per heavy atom. The molecule has 1 aromatic heterocycles. The third-order valence-corrected chi connectivity index (χ3v) is 6.27. The number of aromatic nitrogens is 1. The van der Waals surface area contributed by atoms with Gasteiger partial charge >= 0.3 is 0 Å². The van der Waals surface area contributed by atoms with E-state index in [4.69, 9.17) is 4.52 Å². The summed E-state index contributed by atoms with van der Waals surface area (Å²) in [5, 5.41) is 3.98. The van der Waals surface area contributed by atoms with E-state index >= 15 is 0 Å². The van der Waals surface area contributed by atoms with Crippen LogP contribution in [0.1, 0.15) is 44.2 Å². The predicted octanol–water partition coefficient (Wildman–Crippen LogP) is 2.18. The standard InChI is InChI=1S/C16H29N3O3S/c1-13-15(14(2)22-17-13)12-18-7-9-19(10-8-18)23(20,21)11-6-16(3,4)5/h6-12H2,1-5H3. The smallest absolute Gasteiger partial charge is 0.214 e. The minimum atomic E-state index is -3.14. The summed E-state index contributed by atoms with van der Waals surface area (Å²) >= 11 is 0. The second-order valence-corrected chi connectivity index (χ2v) is 9.69. The van der Waals surface area contributed by atoms with Crippen molar-refractivity contribution in [1.29, 1.82) is 0 Å². The summed E-state index contributed by atoms with van der Waals surface area (Å²) in [6, 6.07) is 0. The Morgan fingerprint density at radius 3 is 2.22 bits per heavy atom. The molecule has 0 unspecified atom stereocenters. The van der Waals surface area contributed by atoms with Crippen molar-refractivity contribution in [2.75, 3.05) is 31.9 Å². The molecule has 6 nitrogen and oxygen atoms in total. The monoisotopic (exact) mass is 343 g/mol. The SMILES string of the molecule is Cc1noc(C)c1CN1CCN(S(=O)(=O)CCC(C)(C)C)CC1. The molecule has 1 saturated heterocycles. The van der Waals surface area contributed by atoms with Crippen LogP contribution in [0.5, 0.6) is 0 Å². The quantitative estimate of drug-likeness (QED) is 0.820. The third-order valence-electron chi connectivity index (χ3n) is 4.40. The molecule has 1 aliphatic rings. The molecular formula is C16H29N3O3S. The summed E-state index contributed by atoms with van der Waals surface area (Å²) in [6.45, 7) is 13.5. The van der Waals surface area contributed by atoms with E-state index in [9.17, 15) is 8.42 Å². The van der Waals surface area contributed by atoms with Gasteiger partial charge in [0.25, 0.3) is 0 Å². The Labute approximate surface area is 139 Å². The number of rotatable bonds is 5. The van der Waals surface area contributed by atoms with Gasteiger partial charge in [-0.2, -0.15) is 4.31 Å². The number of piperazine rings is 1. The zero-order chi connectivity index (χ0) is 17.3. The van der Waals surface area contributed by atoms with Crippen LogP contribution in [0.2, 0.25) is 0 Å². The molecular weight excluding hydrogens is 314 g/mol. The molecule has 0 saturated carbocycles. The molecule has 0 amide bonds. The molecule has 7 heteroatoms. The molecule has 0 atom stereocenters. The summed E-state index contributed by atoms with van der Waals surface area (Å²) in [6.07, 6.45) is 0.689. The van der Waals surface area contributed by atoms with Crippen molar-refractivity contribution in [2.24, 2.45) is 5.41 Å². The zero-order valence-corrected chi connectivity index (χ0v) is 15.7. The zero-order valence-electron chi connectivity index (χ0n) is 14.9. The maximum atomic E-state index is 12.4. The van der Waals surface area contributed by atoms with Gasteiger partial charge in [-0.25, -0.2) is 8.42 Å². The van der Waals surface area contributed by atoms with E-state index in [0.29, 0.717) is 19.5 Å². The van der Waals surface area contributed by atoms with Gasteiger partial charge < -0.3 is 4.52 Å². The molecule has 2 heterocycles. The highest BCUT2D eigenvalue weighted by molar-refractivity contribution is 7.89. The number of hydrogen-bond donors (Lipinski definition) is 0. The van der Waals surface area contributed by atoms with Crippen LogP contribution in [-0.4, -0.2) is 54.7 Å². The molecule has 132 valence electrons. The van der Waals surface area contributed by atoms with Gasteiger partial charge in [0, 0.05) is 38.3 Å². The Hall–Kier alpha value is -0.920. The van der Waals surface area contributed by atoms with Crippen molar-refractivity contribution in [2.45, 2.75) is 47.6 Å². The first-order valence-electron chi connectivity index (χ1n) is 8.20. The lowest BCUT2D eigenvalue weighted by atomic mass is 9.94. The molecule has 0 spiro atoms. The van der Waals surface area contributed by atoms with Crippen LogP contribution in [0.3, 0.4) is 0 Å². The van der Waals surface area contributed by atoms with Crippen molar-refractivity contribution < 1.29 is 12.9 Å². The van der Waals surface area contributed by atoms with Gasteiger partial charge in [-0.3, -0.25) is 4.90 Å². The molecule has 1 aromatic rings. The highest BCUT2D eigenvalue weighted by Gasteiger charge is 2.28. The summed E-state index contributed by atoms with van der Waals surface area (Å²) in [7, 11) is -3.14. The van der Waals surface area contributed by atoms with Crippen LogP contribution in [-0.2, 0) is 16.6 Å². The lowest BCUT2D eigenvalue weighted by molar-refractivity contribution is 0.180. The van der Waals surface area contributed by atoms with E-state index < -0.39 is 10.0 Å². The molecule has 1 fully saturated rings. The molecule has 0 aromatic carbocycles. The van der Waals surface area contributed by atoms with E-state index in [-0.39, 0.29) is 11.2 Å². The van der Waals surface area contributed by atoms with Gasteiger partial charge in [-0.15, -0.1) is 0 Å². The van der Waals surface area contributed by atoms with E-state index in [2.05, 4.69) is 30.8 Å². The average Bonchev–Trinajstić information content (AvgIpc) is 2.77. The molecule has 0 aliphatic carbocycles. The van der Waals surface area contributed by atoms with E-state index in [1.165, 1.54) is 0 Å². The van der Waals surface area contributed by atoms with Crippen LogP contribution in [0.4, 0.5) is 0 Å². The fourth-order valence-corrected chi connectivity index (χ4v) is 4.53. The lowest BCUT2D eigenvalue weighted by Gasteiger charge is -2.34. The lowest BCUT2D eigenvalue weighted by Crippen LogP contribution is -2.49. The number of hydrogen-bond acceptors (Lipinski definition) is 5. The fourth-order valence-electron chi connectivity index (χ4n) is 2.68. The second kappa shape index (κ2) is 6.91. The van der Waals surface area contributed by atoms with Gasteiger partial charge in [-0.05, 0) is 25.7 Å². The highest BCUT2D eigenvalue weighted by atomic mass is 32.2. The summed E-state index contributed by atoms with van der Waals surface area (Å²) in [5.41, 5.74) is 2.08. The van der Waals surface area contributed by atoms with Crippen LogP contribution in [0, 0.1) is 19.3 Å². The van der Waals surface area contributed by atoms with Crippen molar-refractivity contribution in [3.63, 3.8) is 0 Å². The predicted molar refractivity (Wildman–Crippen MR) is 90.7 cm³/mol. The number of aryl methyl sites for hydroxylation is 2. The van der Waals surface area contributed by atoms with Crippen LogP contribution >= 0.6 is 0 Å². The first-order chi connectivity index (χ1) is 10.6. The molecule has 0 radical (unpaired) electrons. The topological polar surface area (TPSA) is 66.7 Å². The summed E-state index contributed by atoms with van der Waals surface area (Å²) in [5.74, 6) is 1.09. The van der Waals surface area contributed by atoms with Gasteiger partial charge in [0.15, 0.2) is 0 Å². The normalized spacial score (nSPS) is 18.5. The van der Waals surface area contributed by atoms with Crippen LogP contribution < -0.4 is 0 Å². The Bertz CT molecular complexity index is 604. The van der Waals surface area contributed by atoms with Gasteiger partial charge in [-0.1, -0.05) is 25.9 Å². The van der Waals surface area contributed by atoms with Gasteiger partial charge in [0.2, 0.25) is 10.0 Å². The first kappa shape index (κ1) is 18.4. The Morgan fingerprint density at radius 1 is 1.13 bits per heavy atom. The largest absolute Gasteiger partial charge is 0.361 e. The van der Waals surface area contributed by atoms with Crippen molar-refractivity contribution in [3.8, 4) is 0 Å². The number of nitrogens with zero attached hydrogens (tertiary/aromatic N) is 3. The molecule has 0 N–H and O–H groups in total. The third kappa shape index (κ3) is 5.02. The number of sulfonamides is 1. The first-order valence-corrected chi connectivity index (χ1v) is 9.81. The average molecular weight is 343 g/mol. The Balaban J connectivity index is 1.88. The highest BCUT2D eigenvalue weighted by Crippen LogP contribution is 2.22. The van der Waals surface area contributed by atoms with Crippen molar-refractivity contribution in [1.82, 2.24) is 14.4 Å². The molecule has 2 rings (SSSR count). The minimum absolute atomic E-state index is 0.0399. The van der Waals surface area contributed by atoms with Gasteiger partial charge in [0.1, 0.15) is 5.76 Å². The summed E-state index contributed by atoms with van der Waals surface area (Å²) < 4.78 is 31.7. The second-order valence-electron chi connectivity index (χ2n) is 7.60. The van der Waals surface area contributed by atoms with E-state index in [1.54, 1.807) is 4.31 Å². The van der Waals surface area contributed by atoms with Crippen molar-refractivity contribution >= 4 is 10.0 Å². The maximum Gasteiger partial charge on any atom is 0.214 e.